The zero-order valence-corrected chi connectivity index (χ0v) is 29.0. The van der Waals surface area contributed by atoms with Crippen LogP contribution in [0.3, 0.4) is 0 Å². The van der Waals surface area contributed by atoms with Crippen molar-refractivity contribution in [3.05, 3.63) is 91.7 Å². The van der Waals surface area contributed by atoms with Gasteiger partial charge in [-0.05, 0) is 72.4 Å². The molecular weight excluding hydrogens is 848 g/mol. The third kappa shape index (κ3) is 7.05. The van der Waals surface area contributed by atoms with Crippen LogP contribution in [0.5, 0.6) is 11.5 Å². The summed E-state index contributed by atoms with van der Waals surface area (Å²) in [5.41, 5.74) is 3.70. The van der Waals surface area contributed by atoms with Gasteiger partial charge in [0.1, 0.15) is 5.75 Å². The summed E-state index contributed by atoms with van der Waals surface area (Å²) in [6.07, 6.45) is 6.44. The minimum atomic E-state index is -0.301. The van der Waals surface area contributed by atoms with E-state index in [1.165, 1.54) is 24.0 Å². The van der Waals surface area contributed by atoms with Gasteiger partial charge in [0, 0.05) is 22.9 Å². The van der Waals surface area contributed by atoms with E-state index < -0.39 is 0 Å². The van der Waals surface area contributed by atoms with Gasteiger partial charge in [0.05, 0.1) is 24.9 Å². The second-order valence-corrected chi connectivity index (χ2v) is 10.5. The van der Waals surface area contributed by atoms with Gasteiger partial charge >= 0.3 is 5.97 Å². The molecule has 1 fully saturated rings. The molecule has 0 bridgehead atoms. The molecule has 0 aliphatic heterocycles. The molecule has 0 heterocycles. The number of nitrogens with two attached hydrogens (primary N) is 1. The Labute approximate surface area is 248 Å². The third-order valence-electron chi connectivity index (χ3n) is 8.35. The largest absolute Gasteiger partial charge is 0.665 e. The van der Waals surface area contributed by atoms with Gasteiger partial charge in [-0.25, -0.2) is 0 Å². The van der Waals surface area contributed by atoms with Gasteiger partial charge in [-0.15, -0.1) is 6.42 Å². The van der Waals surface area contributed by atoms with E-state index in [1.807, 2.05) is 50.2 Å². The molecule has 0 unspecified atom stereocenters. The third-order valence-corrected chi connectivity index (χ3v) is 8.35. The Morgan fingerprint density at radius 2 is 1.85 bits per heavy atom. The van der Waals surface area contributed by atoms with Crippen LogP contribution in [0.2, 0.25) is 0 Å². The van der Waals surface area contributed by atoms with E-state index in [4.69, 9.17) is 14.2 Å². The number of rotatable bonds is 8. The number of esters is 1. The van der Waals surface area contributed by atoms with E-state index in [-0.39, 0.29) is 25.4 Å². The molecule has 2 N–H and O–H groups in total. The van der Waals surface area contributed by atoms with E-state index in [2.05, 4.69) is 29.3 Å². The Kier molecular flexibility index (Phi) is 12.2. The number of carbonyl (C=O) groups excluding carboxylic acids is 1. The maximum absolute atomic E-state index is 12.9. The molecule has 0 amide bonds. The Morgan fingerprint density at radius 1 is 1.12 bits per heavy atom. The molecule has 1 saturated carbocycles. The Bertz CT molecular complexity index is 1250. The van der Waals surface area contributed by atoms with Crippen molar-refractivity contribution in [2.75, 3.05) is 7.11 Å². The standard InChI is InChI=1S/C32H36O4.CH3.Cm.H2IN/c1-20(36-32(33)21(2)23-11-12-25-17-28(34-3)15-14-24(25)16-23)8-9-22-10-13-27-19-30-26(18-29(22)27)6-5-7-31(30)35-4;;;1-2/h5-7,11-12,14-17,20-22,29H,4,8-10,13,18-19H2,1-3H3;1H3;;2H2/q-2;-1;;/t20-,21-,22-,29+;;;/m0.../s1. The van der Waals surface area contributed by atoms with Gasteiger partial charge in [0.25, 0.3) is 0 Å². The molecule has 2 aliphatic rings. The smallest absolute Gasteiger partial charge is 0.313 e. The predicted molar refractivity (Wildman–Crippen MR) is 168 cm³/mol. The number of hydrogen-bond acceptors (Lipinski definition) is 5. The fraction of sp³-hybridized carbons (Fsp3) is 0.394. The van der Waals surface area contributed by atoms with Gasteiger partial charge in [0.15, 0.2) is 0 Å². The molecule has 3 aromatic carbocycles. The summed E-state index contributed by atoms with van der Waals surface area (Å²) in [5.74, 6) is 4.25. The minimum absolute atomic E-state index is 0. The Balaban J connectivity index is 0.00000137. The van der Waals surface area contributed by atoms with Crippen LogP contribution < -0.4 is 13.4 Å². The molecule has 0 radical (unpaired) electrons. The van der Waals surface area contributed by atoms with Gasteiger partial charge in [-0.1, -0.05) is 55.2 Å². The topological polar surface area (TPSA) is 70.8 Å². The molecule has 5 rings (SSSR count). The molecular formula is C33H41CmINO4-3. The second-order valence-electron chi connectivity index (χ2n) is 10.5. The summed E-state index contributed by atoms with van der Waals surface area (Å²) in [6.45, 7) is 3.96. The van der Waals surface area contributed by atoms with Gasteiger partial charge in [0.2, 0.25) is 0 Å². The molecule has 0 spiro atoms. The van der Waals surface area contributed by atoms with Crippen molar-refractivity contribution >= 4 is 39.6 Å². The first-order chi connectivity index (χ1) is 18.5. The number of ether oxygens (including phenoxy) is 3. The maximum atomic E-state index is 12.9. The van der Waals surface area contributed by atoms with Crippen LogP contribution in [0, 0.1) is 32.3 Å². The van der Waals surface area contributed by atoms with Crippen LogP contribution in [-0.2, 0) is 22.4 Å². The molecule has 7 heteroatoms. The normalized spacial score (nSPS) is 18.9. The van der Waals surface area contributed by atoms with Crippen LogP contribution in [0.25, 0.3) is 10.8 Å². The molecule has 3 aromatic rings. The number of fused-ring (bicyclic) bond motifs is 3. The van der Waals surface area contributed by atoms with E-state index >= 15 is 0 Å². The zero-order valence-electron chi connectivity index (χ0n) is 23.9. The minimum Gasteiger partial charge on any atom is -0.665 e. The van der Waals surface area contributed by atoms with E-state index in [0.717, 1.165) is 53.5 Å². The number of hydrogen-bond donors (Lipinski definition) is 1. The molecule has 4 atom stereocenters. The molecule has 0 aromatic heterocycles. The van der Waals surface area contributed by atoms with Crippen molar-refractivity contribution in [3.8, 4) is 11.5 Å². The summed E-state index contributed by atoms with van der Waals surface area (Å²) in [5, 5.41) is 2.19. The summed E-state index contributed by atoms with van der Waals surface area (Å²) in [6, 6.07) is 18.4. The van der Waals surface area contributed by atoms with E-state index in [1.54, 1.807) is 35.9 Å². The summed E-state index contributed by atoms with van der Waals surface area (Å²) in [7, 11) is 5.30. The van der Waals surface area contributed by atoms with E-state index in [0.29, 0.717) is 11.8 Å². The van der Waals surface area contributed by atoms with Crippen LogP contribution in [0.15, 0.2) is 54.6 Å². The second kappa shape index (κ2) is 14.9. The van der Waals surface area contributed by atoms with Gasteiger partial charge in [-0.2, -0.15) is 19.4 Å². The van der Waals surface area contributed by atoms with Gasteiger partial charge in [-0.3, -0.25) is 8.74 Å². The van der Waals surface area contributed by atoms with Crippen LogP contribution >= 0.6 is 22.9 Å². The Morgan fingerprint density at radius 3 is 2.58 bits per heavy atom. The number of methoxy groups -OCH3 is 1. The summed E-state index contributed by atoms with van der Waals surface area (Å²) in [4.78, 5) is 12.9. The Hall–Kier alpha value is -3.32. The molecule has 0 saturated heterocycles. The maximum Gasteiger partial charge on any atom is 0.313 e. The van der Waals surface area contributed by atoms with Crippen molar-refractivity contribution in [3.63, 3.8) is 0 Å². The fourth-order valence-electron chi connectivity index (χ4n) is 6.15. The zero-order chi connectivity index (χ0) is 27.2. The summed E-state index contributed by atoms with van der Waals surface area (Å²) >= 11 is 1.65. The quantitative estimate of drug-likeness (QED) is 0.108. The fourth-order valence-corrected chi connectivity index (χ4v) is 6.15. The predicted octanol–water partition coefficient (Wildman–Crippen LogP) is 7.98. The molecule has 2 aliphatic carbocycles. The van der Waals surface area contributed by atoms with Gasteiger partial charge < -0.3 is 27.6 Å². The average Bonchev–Trinajstić information content (AvgIpc) is 3.36. The number of halogens is 1. The molecule has 5 nitrogen and oxygen atoms in total. The van der Waals surface area contributed by atoms with Crippen molar-refractivity contribution in [1.29, 1.82) is 0 Å². The van der Waals surface area contributed by atoms with Crippen LogP contribution in [0.4, 0.5) is 0 Å². The first-order valence-corrected chi connectivity index (χ1v) is 14.6. The van der Waals surface area contributed by atoms with E-state index in [9.17, 15) is 4.79 Å². The number of benzene rings is 3. The van der Waals surface area contributed by atoms with Crippen LogP contribution in [-0.4, -0.2) is 19.2 Å². The first-order valence-electron chi connectivity index (χ1n) is 13.3. The van der Waals surface area contributed by atoms with Crippen LogP contribution in [0.1, 0.15) is 62.1 Å². The molecule has 220 valence electrons. The van der Waals surface area contributed by atoms with Crippen molar-refractivity contribution in [2.24, 2.45) is 15.8 Å². The number of carbonyl (C=O) groups is 1. The van der Waals surface area contributed by atoms with Crippen molar-refractivity contribution in [2.45, 2.75) is 64.4 Å². The summed E-state index contributed by atoms with van der Waals surface area (Å²) < 4.78 is 21.1. The average molecular weight is 890 g/mol. The van der Waals surface area contributed by atoms with Crippen molar-refractivity contribution in [1.82, 2.24) is 0 Å². The van der Waals surface area contributed by atoms with Crippen molar-refractivity contribution < 1.29 is 19.0 Å². The monoisotopic (exact) mass is 885 g/mol. The first kappa shape index (κ1) is 32.9. The SMILES string of the molecule is NI.[CH2-]Oc1cccc2c1C[C-]1CC[C@H](CC[C@H](C)OC(=O)[C@@H](C)c3ccc4cc(OC)ccc4c3)[C@H]1C2.[CH3-].[Cm]. The molecule has 40 heavy (non-hydrogen) atoms.